The van der Waals surface area contributed by atoms with E-state index >= 15 is 0 Å². The number of anilines is 2. The highest BCUT2D eigenvalue weighted by molar-refractivity contribution is 6.32. The molecule has 8 nitrogen and oxygen atoms in total. The molecule has 3 heterocycles. The lowest BCUT2D eigenvalue weighted by molar-refractivity contribution is 0.208. The molecule has 1 atom stereocenters. The van der Waals surface area contributed by atoms with E-state index in [0.29, 0.717) is 27.9 Å². The van der Waals surface area contributed by atoms with Crippen molar-refractivity contribution in [1.82, 2.24) is 24.4 Å². The normalized spacial score (nSPS) is 12.4. The largest absolute Gasteiger partial charge is 0.384 e. The van der Waals surface area contributed by atoms with E-state index < -0.39 is 6.23 Å². The molecule has 0 aliphatic heterocycles. The third-order valence-electron chi connectivity index (χ3n) is 4.16. The number of nitrogen functional groups attached to an aromatic ring is 1. The minimum Gasteiger partial charge on any atom is -0.384 e. The molecule has 4 N–H and O–H groups in total. The summed E-state index contributed by atoms with van der Waals surface area (Å²) in [4.78, 5) is 4.24. The summed E-state index contributed by atoms with van der Waals surface area (Å²) in [6.45, 7) is 3.85. The number of nitrogens with one attached hydrogen (secondary N) is 1. The maximum atomic E-state index is 10.7. The summed E-state index contributed by atoms with van der Waals surface area (Å²) in [5.74, 6) is 0.944. The summed E-state index contributed by atoms with van der Waals surface area (Å²) in [6, 6.07) is 9.15. The molecule has 0 aliphatic carbocycles. The molecule has 27 heavy (non-hydrogen) atoms. The second kappa shape index (κ2) is 6.57. The predicted molar refractivity (Wildman–Crippen MR) is 104 cm³/mol. The van der Waals surface area contributed by atoms with Crippen LogP contribution in [0.4, 0.5) is 11.6 Å². The molecule has 0 fully saturated rings. The number of nitrogens with zero attached hydrogens (tertiary/aromatic N) is 5. The molecule has 4 rings (SSSR count). The standard InChI is InChI=1S/C18H18ClN7O/c1-10-3-4-13(19)14(7-10)26-16(8-11(2)24-26)23-18(27)12-9-21-25-6-5-15(20)22-17(12)25/h3-9,18,23,27H,1-2H3,(H2,20,22). The van der Waals surface area contributed by atoms with Crippen LogP contribution in [0, 0.1) is 13.8 Å². The van der Waals surface area contributed by atoms with Crippen LogP contribution in [0.3, 0.4) is 0 Å². The van der Waals surface area contributed by atoms with Gasteiger partial charge in [-0.25, -0.2) is 14.2 Å². The van der Waals surface area contributed by atoms with Gasteiger partial charge in [0.1, 0.15) is 11.6 Å². The summed E-state index contributed by atoms with van der Waals surface area (Å²) >= 11 is 6.36. The summed E-state index contributed by atoms with van der Waals surface area (Å²) in [6.07, 6.45) is 2.18. The molecule has 0 bridgehead atoms. The van der Waals surface area contributed by atoms with Gasteiger partial charge in [0.25, 0.3) is 0 Å². The number of rotatable bonds is 4. The van der Waals surface area contributed by atoms with E-state index in [1.165, 1.54) is 0 Å². The molecule has 1 aromatic carbocycles. The molecular weight excluding hydrogens is 366 g/mol. The van der Waals surface area contributed by atoms with Crippen LogP contribution in [0.2, 0.25) is 5.02 Å². The molecular formula is C18H18ClN7O. The highest BCUT2D eigenvalue weighted by Gasteiger charge is 2.18. The summed E-state index contributed by atoms with van der Waals surface area (Å²) in [7, 11) is 0. The van der Waals surface area contributed by atoms with Crippen molar-refractivity contribution in [1.29, 1.82) is 0 Å². The second-order valence-electron chi connectivity index (χ2n) is 6.30. The van der Waals surface area contributed by atoms with E-state index in [1.54, 1.807) is 27.7 Å². The van der Waals surface area contributed by atoms with Crippen molar-refractivity contribution >= 4 is 28.9 Å². The summed E-state index contributed by atoms with van der Waals surface area (Å²) < 4.78 is 3.22. The molecule has 9 heteroatoms. The second-order valence-corrected chi connectivity index (χ2v) is 6.71. The van der Waals surface area contributed by atoms with E-state index in [9.17, 15) is 5.11 Å². The summed E-state index contributed by atoms with van der Waals surface area (Å²) in [5.41, 5.74) is 9.29. The van der Waals surface area contributed by atoms with Crippen LogP contribution in [0.25, 0.3) is 11.3 Å². The minimum absolute atomic E-state index is 0.351. The van der Waals surface area contributed by atoms with Gasteiger partial charge in [0.05, 0.1) is 28.2 Å². The van der Waals surface area contributed by atoms with Gasteiger partial charge in [-0.1, -0.05) is 17.7 Å². The Morgan fingerprint density at radius 2 is 2.04 bits per heavy atom. The van der Waals surface area contributed by atoms with Crippen molar-refractivity contribution < 1.29 is 5.11 Å². The van der Waals surface area contributed by atoms with Gasteiger partial charge in [-0.05, 0) is 37.6 Å². The number of fused-ring (bicyclic) bond motifs is 1. The van der Waals surface area contributed by atoms with Crippen LogP contribution < -0.4 is 11.1 Å². The molecule has 0 saturated heterocycles. The molecule has 4 aromatic rings. The molecule has 0 aliphatic rings. The van der Waals surface area contributed by atoms with Gasteiger partial charge < -0.3 is 16.2 Å². The van der Waals surface area contributed by atoms with E-state index in [1.807, 2.05) is 38.1 Å². The highest BCUT2D eigenvalue weighted by Crippen LogP contribution is 2.28. The topological polar surface area (TPSA) is 106 Å². The van der Waals surface area contributed by atoms with Crippen LogP contribution in [0.5, 0.6) is 0 Å². The maximum Gasteiger partial charge on any atom is 0.165 e. The number of aromatic nitrogens is 5. The Balaban J connectivity index is 1.72. The van der Waals surface area contributed by atoms with Crippen LogP contribution >= 0.6 is 11.6 Å². The first kappa shape index (κ1) is 17.3. The monoisotopic (exact) mass is 383 g/mol. The lowest BCUT2D eigenvalue weighted by Crippen LogP contribution is -2.13. The van der Waals surface area contributed by atoms with Gasteiger partial charge in [-0.15, -0.1) is 0 Å². The number of aliphatic hydroxyl groups excluding tert-OH is 1. The van der Waals surface area contributed by atoms with Crippen molar-refractivity contribution in [3.8, 4) is 5.69 Å². The molecule has 0 saturated carbocycles. The van der Waals surface area contributed by atoms with Crippen molar-refractivity contribution in [2.24, 2.45) is 0 Å². The maximum absolute atomic E-state index is 10.7. The molecule has 0 radical (unpaired) electrons. The lowest BCUT2D eigenvalue weighted by atomic mass is 10.2. The predicted octanol–water partition coefficient (Wildman–Crippen LogP) is 2.87. The average Bonchev–Trinajstić information content (AvgIpc) is 3.20. The number of benzene rings is 1. The van der Waals surface area contributed by atoms with Crippen LogP contribution in [0.15, 0.2) is 42.7 Å². The third-order valence-corrected chi connectivity index (χ3v) is 4.48. The number of aryl methyl sites for hydroxylation is 2. The zero-order valence-electron chi connectivity index (χ0n) is 14.8. The first-order valence-corrected chi connectivity index (χ1v) is 8.68. The van der Waals surface area contributed by atoms with E-state index in [4.69, 9.17) is 17.3 Å². The Morgan fingerprint density at radius 1 is 1.22 bits per heavy atom. The third kappa shape index (κ3) is 3.20. The van der Waals surface area contributed by atoms with Gasteiger partial charge in [0.15, 0.2) is 11.9 Å². The van der Waals surface area contributed by atoms with Crippen molar-refractivity contribution in [3.63, 3.8) is 0 Å². The number of aliphatic hydroxyl groups is 1. The van der Waals surface area contributed by atoms with Gasteiger partial charge in [-0.2, -0.15) is 10.2 Å². The van der Waals surface area contributed by atoms with Crippen molar-refractivity contribution in [3.05, 3.63) is 64.6 Å². The quantitative estimate of drug-likeness (QED) is 0.468. The van der Waals surface area contributed by atoms with Gasteiger partial charge in [-0.3, -0.25) is 0 Å². The van der Waals surface area contributed by atoms with Gasteiger partial charge in [0.2, 0.25) is 0 Å². The Labute approximate surface area is 160 Å². The zero-order chi connectivity index (χ0) is 19.1. The zero-order valence-corrected chi connectivity index (χ0v) is 15.5. The first-order valence-electron chi connectivity index (χ1n) is 8.30. The number of nitrogens with two attached hydrogens (primary N) is 1. The SMILES string of the molecule is Cc1ccc(Cl)c(-n2nc(C)cc2NC(O)c2cnn3ccc(N)nc23)c1. The van der Waals surface area contributed by atoms with Crippen LogP contribution in [-0.2, 0) is 0 Å². The molecule has 0 amide bonds. The number of hydrogen-bond acceptors (Lipinski definition) is 6. The average molecular weight is 384 g/mol. The van der Waals surface area contributed by atoms with Crippen LogP contribution in [0.1, 0.15) is 23.0 Å². The van der Waals surface area contributed by atoms with E-state index in [0.717, 1.165) is 16.9 Å². The smallest absolute Gasteiger partial charge is 0.165 e. The summed E-state index contributed by atoms with van der Waals surface area (Å²) in [5, 5.41) is 23.0. The van der Waals surface area contributed by atoms with Crippen molar-refractivity contribution in [2.45, 2.75) is 20.1 Å². The van der Waals surface area contributed by atoms with E-state index in [-0.39, 0.29) is 0 Å². The fraction of sp³-hybridized carbons (Fsp3) is 0.167. The van der Waals surface area contributed by atoms with Gasteiger partial charge in [0, 0.05) is 12.3 Å². The molecule has 138 valence electrons. The Kier molecular flexibility index (Phi) is 4.21. The molecule has 3 aromatic heterocycles. The molecule has 0 spiro atoms. The fourth-order valence-corrected chi connectivity index (χ4v) is 3.08. The van der Waals surface area contributed by atoms with Gasteiger partial charge >= 0.3 is 0 Å². The van der Waals surface area contributed by atoms with Crippen LogP contribution in [-0.4, -0.2) is 29.5 Å². The Morgan fingerprint density at radius 3 is 2.85 bits per heavy atom. The first-order chi connectivity index (χ1) is 12.9. The fourth-order valence-electron chi connectivity index (χ4n) is 2.88. The lowest BCUT2D eigenvalue weighted by Gasteiger charge is -2.15. The highest BCUT2D eigenvalue weighted by atomic mass is 35.5. The van der Waals surface area contributed by atoms with E-state index in [2.05, 4.69) is 20.5 Å². The molecule has 1 unspecified atom stereocenters. The Bertz CT molecular complexity index is 1130. The number of halogens is 1. The Hall–Kier alpha value is -3.10. The number of hydrogen-bond donors (Lipinski definition) is 3. The minimum atomic E-state index is -1.06. The van der Waals surface area contributed by atoms with Crippen molar-refractivity contribution in [2.75, 3.05) is 11.1 Å².